The third-order valence-corrected chi connectivity index (χ3v) is 1.88. The van der Waals surface area contributed by atoms with Crippen LogP contribution in [0.25, 0.3) is 11.1 Å². The summed E-state index contributed by atoms with van der Waals surface area (Å²) in [6.07, 6.45) is 0. The van der Waals surface area contributed by atoms with E-state index in [4.69, 9.17) is 11.1 Å². The molecule has 0 nitrogen and oxygen atoms in total. The van der Waals surface area contributed by atoms with E-state index in [-0.39, 0.29) is 0 Å². The molecule has 72 valence electrons. The fraction of sp³-hybridized carbons (Fsp3) is 0. The van der Waals surface area contributed by atoms with Gasteiger partial charge in [0.15, 0.2) is 0 Å². The predicted molar refractivity (Wildman–Crippen MR) is 67.7 cm³/mol. The smallest absolute Gasteiger partial charge is 0.109 e. The summed E-state index contributed by atoms with van der Waals surface area (Å²) >= 11 is 4.78. The van der Waals surface area contributed by atoms with Crippen LogP contribution in [0.3, 0.4) is 0 Å². The molecule has 0 aliphatic heterocycles. The van der Waals surface area contributed by atoms with Crippen LogP contribution in [0.15, 0.2) is 60.7 Å². The normalized spacial score (nSPS) is 8.93. The molecule has 2 aromatic rings. The zero-order valence-corrected chi connectivity index (χ0v) is 10.9. The fourth-order valence-corrected chi connectivity index (χ4v) is 1.26. The molecule has 0 aliphatic rings. The lowest BCUT2D eigenvalue weighted by atomic mass is 10.1. The minimum atomic E-state index is 0.778. The Morgan fingerprint density at radius 3 is 1.14 bits per heavy atom. The maximum Gasteiger partial charge on any atom is 0.109 e. The van der Waals surface area contributed by atoms with Crippen molar-refractivity contribution < 1.29 is 0 Å². The lowest BCUT2D eigenvalue weighted by Gasteiger charge is -1.98. The van der Waals surface area contributed by atoms with Crippen molar-refractivity contribution in [1.29, 1.82) is 0 Å². The lowest BCUT2D eigenvalue weighted by molar-refractivity contribution is 1.62. The quantitative estimate of drug-likeness (QED) is 0.512. The van der Waals surface area contributed by atoms with E-state index < -0.39 is 0 Å². The topological polar surface area (TPSA) is 0 Å². The Kier molecular flexibility index (Phi) is 5.05. The van der Waals surface area contributed by atoms with E-state index in [1.807, 2.05) is 12.1 Å². The highest BCUT2D eigenvalue weighted by Crippen LogP contribution is 2.17. The van der Waals surface area contributed by atoms with Crippen molar-refractivity contribution in [2.24, 2.45) is 0 Å². The first-order chi connectivity index (χ1) is 6.97. The molecule has 14 heavy (non-hydrogen) atoms. The number of hydrogen-bond donors (Lipinski definition) is 0. The summed E-state index contributed by atoms with van der Waals surface area (Å²) in [6.45, 7) is 0. The highest BCUT2D eigenvalue weighted by molar-refractivity contribution is 6.80. The van der Waals surface area contributed by atoms with Gasteiger partial charge >= 0.3 is 0 Å². The second-order valence-corrected chi connectivity index (χ2v) is 2.73. The Labute approximate surface area is 92.7 Å². The van der Waals surface area contributed by atoms with Crippen LogP contribution in [0.2, 0.25) is 0 Å². The summed E-state index contributed by atoms with van der Waals surface area (Å²) < 4.78 is 0. The van der Waals surface area contributed by atoms with E-state index in [0.717, 1.165) is 9.55 Å². The first kappa shape index (κ1) is 11.0. The number of rotatable bonds is 1. The van der Waals surface area contributed by atoms with Crippen LogP contribution in [0.5, 0.6) is 0 Å². The van der Waals surface area contributed by atoms with Gasteiger partial charge in [0, 0.05) is 0 Å². The van der Waals surface area contributed by atoms with E-state index in [2.05, 4.69) is 48.5 Å². The molecule has 0 saturated heterocycles. The molecule has 0 atom stereocenters. The van der Waals surface area contributed by atoms with Crippen molar-refractivity contribution in [1.82, 2.24) is 0 Å². The molecule has 0 saturated carbocycles. The Hall–Kier alpha value is -1.05. The highest BCUT2D eigenvalue weighted by Gasteiger charge is 1.91. The standard InChI is InChI=1S/C12H10.ClH3Si/c1-3-7-11(8-4-1)12-9-5-2-6-10-12;1-2/h1-10H;2H3. The average Bonchev–Trinajstić information content (AvgIpc) is 2.34. The third kappa shape index (κ3) is 3.02. The van der Waals surface area contributed by atoms with Gasteiger partial charge in [-0.1, -0.05) is 60.7 Å². The van der Waals surface area contributed by atoms with Gasteiger partial charge in [0.25, 0.3) is 0 Å². The van der Waals surface area contributed by atoms with E-state index >= 15 is 0 Å². The van der Waals surface area contributed by atoms with E-state index in [1.54, 1.807) is 0 Å². The number of halogens is 1. The van der Waals surface area contributed by atoms with Gasteiger partial charge in [-0.3, -0.25) is 0 Å². The second kappa shape index (κ2) is 6.41. The zero-order chi connectivity index (χ0) is 10.2. The van der Waals surface area contributed by atoms with Gasteiger partial charge in [-0.2, -0.15) is 11.1 Å². The molecule has 2 heteroatoms. The molecule has 0 unspecified atom stereocenters. The monoisotopic (exact) mass is 220 g/mol. The zero-order valence-electron chi connectivity index (χ0n) is 8.15. The summed E-state index contributed by atoms with van der Waals surface area (Å²) in [6, 6.07) is 20.8. The molecule has 0 N–H and O–H groups in total. The van der Waals surface area contributed by atoms with Crippen molar-refractivity contribution in [2.45, 2.75) is 0 Å². The van der Waals surface area contributed by atoms with Gasteiger partial charge in [-0.25, -0.2) is 0 Å². The lowest BCUT2D eigenvalue weighted by Crippen LogP contribution is -1.73. The Morgan fingerprint density at radius 2 is 0.857 bits per heavy atom. The van der Waals surface area contributed by atoms with Gasteiger partial charge in [0.05, 0.1) is 0 Å². The molecule has 0 amide bonds. The van der Waals surface area contributed by atoms with Crippen molar-refractivity contribution in [2.75, 3.05) is 0 Å². The summed E-state index contributed by atoms with van der Waals surface area (Å²) in [5.74, 6) is 0. The highest BCUT2D eigenvalue weighted by atomic mass is 35.6. The summed E-state index contributed by atoms with van der Waals surface area (Å²) in [5.41, 5.74) is 2.55. The molecule has 0 aliphatic carbocycles. The minimum absolute atomic E-state index is 0.778. The maximum absolute atomic E-state index is 4.78. The van der Waals surface area contributed by atoms with Crippen LogP contribution < -0.4 is 0 Å². The molecule has 0 heterocycles. The maximum atomic E-state index is 4.78. The Bertz CT molecular complexity index is 308. The van der Waals surface area contributed by atoms with Gasteiger partial charge in [0.1, 0.15) is 9.55 Å². The molecule has 0 fully saturated rings. The SMILES string of the molecule is [SiH3]Cl.c1ccc(-c2ccccc2)cc1. The first-order valence-electron chi connectivity index (χ1n) is 4.45. The van der Waals surface area contributed by atoms with Gasteiger partial charge in [-0.15, -0.1) is 0 Å². The third-order valence-electron chi connectivity index (χ3n) is 1.88. The van der Waals surface area contributed by atoms with E-state index in [0.29, 0.717) is 0 Å². The van der Waals surface area contributed by atoms with Gasteiger partial charge in [-0.05, 0) is 11.1 Å². The first-order valence-corrected chi connectivity index (χ1v) is 7.47. The van der Waals surface area contributed by atoms with Crippen LogP contribution in [0.1, 0.15) is 0 Å². The molecular formula is C12H13ClSi. The number of hydrogen-bond acceptors (Lipinski definition) is 0. The second-order valence-electron chi connectivity index (χ2n) is 2.73. The Balaban J connectivity index is 0.000000461. The molecule has 2 rings (SSSR count). The van der Waals surface area contributed by atoms with Crippen LogP contribution in [0.4, 0.5) is 0 Å². The molecule has 0 aromatic heterocycles. The summed E-state index contributed by atoms with van der Waals surface area (Å²) in [7, 11) is 0.778. The van der Waals surface area contributed by atoms with Crippen LogP contribution >= 0.6 is 11.1 Å². The number of benzene rings is 2. The molecule has 0 spiro atoms. The van der Waals surface area contributed by atoms with E-state index in [9.17, 15) is 0 Å². The van der Waals surface area contributed by atoms with Crippen LogP contribution in [-0.4, -0.2) is 9.55 Å². The molecule has 0 radical (unpaired) electrons. The summed E-state index contributed by atoms with van der Waals surface area (Å²) in [4.78, 5) is 0. The Morgan fingerprint density at radius 1 is 0.571 bits per heavy atom. The van der Waals surface area contributed by atoms with Crippen molar-refractivity contribution >= 4 is 20.6 Å². The van der Waals surface area contributed by atoms with E-state index in [1.165, 1.54) is 11.1 Å². The van der Waals surface area contributed by atoms with Crippen molar-refractivity contribution in [3.63, 3.8) is 0 Å². The van der Waals surface area contributed by atoms with Gasteiger partial charge in [0.2, 0.25) is 0 Å². The summed E-state index contributed by atoms with van der Waals surface area (Å²) in [5, 5.41) is 0. The molecule has 0 bridgehead atoms. The molecular weight excluding hydrogens is 208 g/mol. The largest absolute Gasteiger partial charge is 0.181 e. The average molecular weight is 221 g/mol. The van der Waals surface area contributed by atoms with Crippen molar-refractivity contribution in [3.05, 3.63) is 60.7 Å². The van der Waals surface area contributed by atoms with Crippen LogP contribution in [-0.2, 0) is 0 Å². The minimum Gasteiger partial charge on any atom is -0.181 e. The van der Waals surface area contributed by atoms with Gasteiger partial charge < -0.3 is 0 Å². The predicted octanol–water partition coefficient (Wildman–Crippen LogP) is 2.86. The van der Waals surface area contributed by atoms with Crippen molar-refractivity contribution in [3.8, 4) is 11.1 Å². The fourth-order valence-electron chi connectivity index (χ4n) is 1.26. The molecule has 2 aromatic carbocycles. The van der Waals surface area contributed by atoms with Crippen LogP contribution in [0, 0.1) is 0 Å².